The minimum atomic E-state index is -0.211. The minimum Gasteiger partial charge on any atom is -0.368 e. The number of piperazine rings is 2. The zero-order valence-corrected chi connectivity index (χ0v) is 15.2. The Balaban J connectivity index is 1.39. The maximum Gasteiger partial charge on any atom is 0.223 e. The molecule has 2 aliphatic rings. The zero-order valence-electron chi connectivity index (χ0n) is 15.2. The zero-order chi connectivity index (χ0) is 17.6. The molecule has 5 nitrogen and oxygen atoms in total. The Bertz CT molecular complexity index is 549. The van der Waals surface area contributed by atoms with Gasteiger partial charge in [0, 0.05) is 71.0 Å². The molecule has 0 spiro atoms. The van der Waals surface area contributed by atoms with Crippen LogP contribution in [0, 0.1) is 5.82 Å². The van der Waals surface area contributed by atoms with Gasteiger partial charge in [0.2, 0.25) is 5.91 Å². The fourth-order valence-corrected chi connectivity index (χ4v) is 3.61. The van der Waals surface area contributed by atoms with Crippen LogP contribution >= 0.6 is 0 Å². The summed E-state index contributed by atoms with van der Waals surface area (Å²) < 4.78 is 13.0. The van der Waals surface area contributed by atoms with Gasteiger partial charge in [0.05, 0.1) is 0 Å². The standard InChI is InChI=1S/C19H29FN4O/c1-2-21-9-11-22(12-10-21)8-7-19(25)24-15-13-23(14-16-24)18-5-3-17(20)4-6-18/h3-6H,2,7-16H2,1H3. The van der Waals surface area contributed by atoms with Gasteiger partial charge in [-0.15, -0.1) is 0 Å². The molecular formula is C19H29FN4O. The van der Waals surface area contributed by atoms with Gasteiger partial charge in [-0.25, -0.2) is 4.39 Å². The lowest BCUT2D eigenvalue weighted by atomic mass is 10.2. The molecule has 0 unspecified atom stereocenters. The second-order valence-corrected chi connectivity index (χ2v) is 6.87. The van der Waals surface area contributed by atoms with Gasteiger partial charge in [-0.05, 0) is 30.8 Å². The molecule has 0 radical (unpaired) electrons. The smallest absolute Gasteiger partial charge is 0.223 e. The first kappa shape index (κ1) is 18.1. The van der Waals surface area contributed by atoms with Gasteiger partial charge in [-0.2, -0.15) is 0 Å². The van der Waals surface area contributed by atoms with E-state index in [1.54, 1.807) is 0 Å². The highest BCUT2D eigenvalue weighted by molar-refractivity contribution is 5.76. The van der Waals surface area contributed by atoms with Crippen molar-refractivity contribution in [2.75, 3.05) is 70.3 Å². The molecule has 2 saturated heterocycles. The molecule has 138 valence electrons. The van der Waals surface area contributed by atoms with E-state index in [1.165, 1.54) is 12.1 Å². The molecule has 0 aromatic heterocycles. The predicted molar refractivity (Wildman–Crippen MR) is 98.4 cm³/mol. The molecule has 25 heavy (non-hydrogen) atoms. The van der Waals surface area contributed by atoms with Crippen LogP contribution in [0.4, 0.5) is 10.1 Å². The Labute approximate surface area is 150 Å². The first-order chi connectivity index (χ1) is 12.2. The third-order valence-corrected chi connectivity index (χ3v) is 5.38. The maximum atomic E-state index is 13.0. The van der Waals surface area contributed by atoms with Crippen molar-refractivity contribution < 1.29 is 9.18 Å². The van der Waals surface area contributed by atoms with Crippen LogP contribution in [0.1, 0.15) is 13.3 Å². The van der Waals surface area contributed by atoms with Crippen molar-refractivity contribution in [2.45, 2.75) is 13.3 Å². The molecule has 2 fully saturated rings. The molecule has 0 atom stereocenters. The molecule has 1 aromatic carbocycles. The topological polar surface area (TPSA) is 30.0 Å². The Morgan fingerprint density at radius 1 is 0.920 bits per heavy atom. The third-order valence-electron chi connectivity index (χ3n) is 5.38. The van der Waals surface area contributed by atoms with Crippen molar-refractivity contribution in [3.8, 4) is 0 Å². The highest BCUT2D eigenvalue weighted by atomic mass is 19.1. The summed E-state index contributed by atoms with van der Waals surface area (Å²) in [7, 11) is 0. The summed E-state index contributed by atoms with van der Waals surface area (Å²) in [6.07, 6.45) is 0.614. The van der Waals surface area contributed by atoms with Crippen molar-refractivity contribution in [1.82, 2.24) is 14.7 Å². The van der Waals surface area contributed by atoms with Gasteiger partial charge in [0.1, 0.15) is 5.82 Å². The Hall–Kier alpha value is -1.66. The van der Waals surface area contributed by atoms with Gasteiger partial charge < -0.3 is 19.6 Å². The number of halogens is 1. The van der Waals surface area contributed by atoms with Crippen molar-refractivity contribution in [1.29, 1.82) is 0 Å². The number of benzene rings is 1. The number of hydrogen-bond acceptors (Lipinski definition) is 4. The number of likely N-dealkylation sites (N-methyl/N-ethyl adjacent to an activating group) is 1. The van der Waals surface area contributed by atoms with Crippen molar-refractivity contribution in [2.24, 2.45) is 0 Å². The number of hydrogen-bond donors (Lipinski definition) is 0. The SMILES string of the molecule is CCN1CCN(CCC(=O)N2CCN(c3ccc(F)cc3)CC2)CC1. The van der Waals surface area contributed by atoms with E-state index in [1.807, 2.05) is 17.0 Å². The normalized spacial score (nSPS) is 20.1. The third kappa shape index (κ3) is 4.92. The van der Waals surface area contributed by atoms with Crippen LogP contribution in [-0.2, 0) is 4.79 Å². The van der Waals surface area contributed by atoms with Gasteiger partial charge in [0.25, 0.3) is 0 Å². The Kier molecular flexibility index (Phi) is 6.26. The van der Waals surface area contributed by atoms with Gasteiger partial charge in [-0.3, -0.25) is 4.79 Å². The van der Waals surface area contributed by atoms with Crippen LogP contribution in [0.15, 0.2) is 24.3 Å². The fraction of sp³-hybridized carbons (Fsp3) is 0.632. The molecule has 0 aliphatic carbocycles. The van der Waals surface area contributed by atoms with E-state index >= 15 is 0 Å². The summed E-state index contributed by atoms with van der Waals surface area (Å²) in [6.45, 7) is 11.7. The lowest BCUT2D eigenvalue weighted by Gasteiger charge is -2.37. The number of carbonyl (C=O) groups is 1. The van der Waals surface area contributed by atoms with Gasteiger partial charge in [-0.1, -0.05) is 6.92 Å². The van der Waals surface area contributed by atoms with E-state index < -0.39 is 0 Å². The highest BCUT2D eigenvalue weighted by Crippen LogP contribution is 2.17. The maximum absolute atomic E-state index is 13.0. The Morgan fingerprint density at radius 2 is 1.52 bits per heavy atom. The van der Waals surface area contributed by atoms with Crippen molar-refractivity contribution in [3.05, 3.63) is 30.1 Å². The van der Waals surface area contributed by atoms with Crippen LogP contribution < -0.4 is 4.90 Å². The van der Waals surface area contributed by atoms with Gasteiger partial charge in [0.15, 0.2) is 0 Å². The van der Waals surface area contributed by atoms with E-state index in [0.717, 1.165) is 71.1 Å². The lowest BCUT2D eigenvalue weighted by Crippen LogP contribution is -2.50. The summed E-state index contributed by atoms with van der Waals surface area (Å²) in [4.78, 5) is 21.5. The second kappa shape index (κ2) is 8.63. The van der Waals surface area contributed by atoms with Crippen molar-refractivity contribution in [3.63, 3.8) is 0 Å². The summed E-state index contributed by atoms with van der Waals surface area (Å²) in [5.41, 5.74) is 1.03. The average molecular weight is 348 g/mol. The average Bonchev–Trinajstić information content (AvgIpc) is 2.67. The van der Waals surface area contributed by atoms with Crippen LogP contribution in [0.2, 0.25) is 0 Å². The van der Waals surface area contributed by atoms with E-state index in [-0.39, 0.29) is 11.7 Å². The van der Waals surface area contributed by atoms with E-state index in [2.05, 4.69) is 21.6 Å². The number of amides is 1. The molecule has 6 heteroatoms. The molecule has 0 N–H and O–H groups in total. The molecule has 1 aromatic rings. The van der Waals surface area contributed by atoms with Crippen LogP contribution in [0.5, 0.6) is 0 Å². The molecule has 2 aliphatic heterocycles. The van der Waals surface area contributed by atoms with Crippen LogP contribution in [0.25, 0.3) is 0 Å². The predicted octanol–water partition coefficient (Wildman–Crippen LogP) is 1.50. The summed E-state index contributed by atoms with van der Waals surface area (Å²) in [5.74, 6) is 0.0500. The molecule has 0 saturated carbocycles. The summed E-state index contributed by atoms with van der Waals surface area (Å²) in [6, 6.07) is 6.60. The first-order valence-corrected chi connectivity index (χ1v) is 9.38. The van der Waals surface area contributed by atoms with Crippen molar-refractivity contribution >= 4 is 11.6 Å². The number of anilines is 1. The highest BCUT2D eigenvalue weighted by Gasteiger charge is 2.22. The number of rotatable bonds is 5. The molecule has 2 heterocycles. The van der Waals surface area contributed by atoms with E-state index in [4.69, 9.17) is 0 Å². The summed E-state index contributed by atoms with van der Waals surface area (Å²) >= 11 is 0. The largest absolute Gasteiger partial charge is 0.368 e. The number of carbonyl (C=O) groups excluding carboxylic acids is 1. The lowest BCUT2D eigenvalue weighted by molar-refractivity contribution is -0.131. The molecular weight excluding hydrogens is 319 g/mol. The molecule has 0 bridgehead atoms. The number of nitrogens with zero attached hydrogens (tertiary/aromatic N) is 4. The second-order valence-electron chi connectivity index (χ2n) is 6.87. The molecule has 3 rings (SSSR count). The quantitative estimate of drug-likeness (QED) is 0.807. The van der Waals surface area contributed by atoms with E-state index in [0.29, 0.717) is 6.42 Å². The Morgan fingerprint density at radius 3 is 2.12 bits per heavy atom. The first-order valence-electron chi connectivity index (χ1n) is 9.38. The van der Waals surface area contributed by atoms with E-state index in [9.17, 15) is 9.18 Å². The van der Waals surface area contributed by atoms with Gasteiger partial charge >= 0.3 is 0 Å². The van der Waals surface area contributed by atoms with Crippen LogP contribution in [0.3, 0.4) is 0 Å². The summed E-state index contributed by atoms with van der Waals surface area (Å²) in [5, 5.41) is 0. The fourth-order valence-electron chi connectivity index (χ4n) is 3.61. The monoisotopic (exact) mass is 348 g/mol. The minimum absolute atomic E-state index is 0.211. The van der Waals surface area contributed by atoms with Crippen LogP contribution in [-0.4, -0.2) is 86.1 Å². The molecule has 1 amide bonds.